The summed E-state index contributed by atoms with van der Waals surface area (Å²) in [6.45, 7) is 8.45. The minimum absolute atomic E-state index is 0.00841. The van der Waals surface area contributed by atoms with E-state index in [4.69, 9.17) is 4.84 Å². The van der Waals surface area contributed by atoms with Gasteiger partial charge in [-0.15, -0.1) is 0 Å². The Balaban J connectivity index is 3.16. The summed E-state index contributed by atoms with van der Waals surface area (Å²) in [4.78, 5) is 18.8. The van der Waals surface area contributed by atoms with E-state index in [9.17, 15) is 13.2 Å². The molecule has 0 saturated carbocycles. The van der Waals surface area contributed by atoms with Crippen LogP contribution < -0.4 is 0 Å². The molecule has 0 aliphatic heterocycles. The zero-order valence-electron chi connectivity index (χ0n) is 13.4. The molecule has 0 aromatic heterocycles. The number of likely N-dealkylation sites (N-methyl/N-ethyl adjacent to an activating group) is 1. The number of carbonyl (C=O) groups is 1. The standard InChI is InChI=1S/C15H22N2O4S/c1-6-17(11-12(2)3)15(18)13-8-7-9-14(10-13)22(19,20)16(4)21-5/h7-10H,2,6,11H2,1,3-5H3. The lowest BCUT2D eigenvalue weighted by molar-refractivity contribution is -0.0258. The predicted octanol–water partition coefficient (Wildman–Crippen LogP) is 1.91. The fourth-order valence-corrected chi connectivity index (χ4v) is 2.89. The summed E-state index contributed by atoms with van der Waals surface area (Å²) < 4.78 is 25.2. The van der Waals surface area contributed by atoms with Gasteiger partial charge in [0.2, 0.25) is 0 Å². The number of hydrogen-bond donors (Lipinski definition) is 0. The van der Waals surface area contributed by atoms with Gasteiger partial charge in [0, 0.05) is 25.7 Å². The van der Waals surface area contributed by atoms with Crippen LogP contribution in [0, 0.1) is 0 Å². The van der Waals surface area contributed by atoms with Crippen molar-refractivity contribution in [3.05, 3.63) is 42.0 Å². The molecular weight excluding hydrogens is 304 g/mol. The molecular formula is C15H22N2O4S. The van der Waals surface area contributed by atoms with E-state index >= 15 is 0 Å². The van der Waals surface area contributed by atoms with Gasteiger partial charge < -0.3 is 4.90 Å². The van der Waals surface area contributed by atoms with Crippen molar-refractivity contribution in [3.63, 3.8) is 0 Å². The normalized spacial score (nSPS) is 11.5. The van der Waals surface area contributed by atoms with E-state index in [1.165, 1.54) is 32.4 Å². The summed E-state index contributed by atoms with van der Waals surface area (Å²) in [5.41, 5.74) is 1.17. The molecule has 0 fully saturated rings. The second kappa shape index (κ2) is 7.53. The smallest absolute Gasteiger partial charge is 0.264 e. The molecule has 0 saturated heterocycles. The van der Waals surface area contributed by atoms with E-state index in [1.807, 2.05) is 13.8 Å². The lowest BCUT2D eigenvalue weighted by atomic mass is 10.2. The number of hydroxylamine groups is 1. The zero-order chi connectivity index (χ0) is 16.9. The maximum atomic E-state index is 12.5. The Bertz CT molecular complexity index is 655. The van der Waals surface area contributed by atoms with E-state index in [2.05, 4.69) is 6.58 Å². The molecule has 7 heteroatoms. The molecule has 0 aliphatic carbocycles. The van der Waals surface area contributed by atoms with E-state index in [-0.39, 0.29) is 10.8 Å². The lowest BCUT2D eigenvalue weighted by Gasteiger charge is -2.21. The first-order valence-corrected chi connectivity index (χ1v) is 8.24. The van der Waals surface area contributed by atoms with Gasteiger partial charge >= 0.3 is 0 Å². The maximum absolute atomic E-state index is 12.5. The summed E-state index contributed by atoms with van der Waals surface area (Å²) in [6, 6.07) is 5.92. The highest BCUT2D eigenvalue weighted by atomic mass is 32.2. The molecule has 0 aliphatic rings. The van der Waals surface area contributed by atoms with Gasteiger partial charge in [0.25, 0.3) is 15.9 Å². The van der Waals surface area contributed by atoms with Crippen LogP contribution >= 0.6 is 0 Å². The SMILES string of the molecule is C=C(C)CN(CC)C(=O)c1cccc(S(=O)(=O)N(C)OC)c1. The first-order chi connectivity index (χ1) is 10.2. The van der Waals surface area contributed by atoms with Gasteiger partial charge in [0.15, 0.2) is 0 Å². The topological polar surface area (TPSA) is 66.9 Å². The van der Waals surface area contributed by atoms with Gasteiger partial charge in [-0.2, -0.15) is 0 Å². The fourth-order valence-electron chi connectivity index (χ4n) is 1.87. The van der Waals surface area contributed by atoms with Crippen LogP contribution in [0.2, 0.25) is 0 Å². The number of benzene rings is 1. The van der Waals surface area contributed by atoms with Crippen molar-refractivity contribution in [2.45, 2.75) is 18.7 Å². The third-order valence-electron chi connectivity index (χ3n) is 3.10. The second-order valence-corrected chi connectivity index (χ2v) is 6.84. The highest BCUT2D eigenvalue weighted by Gasteiger charge is 2.23. The fraction of sp³-hybridized carbons (Fsp3) is 0.400. The molecule has 0 spiro atoms. The van der Waals surface area contributed by atoms with E-state index in [0.717, 1.165) is 10.0 Å². The number of sulfonamides is 1. The molecule has 0 radical (unpaired) electrons. The highest BCUT2D eigenvalue weighted by Crippen LogP contribution is 2.17. The highest BCUT2D eigenvalue weighted by molar-refractivity contribution is 7.89. The molecule has 0 heterocycles. The Kier molecular flexibility index (Phi) is 6.28. The summed E-state index contributed by atoms with van der Waals surface area (Å²) in [5, 5.41) is 0. The van der Waals surface area contributed by atoms with Crippen LogP contribution in [0.15, 0.2) is 41.3 Å². The van der Waals surface area contributed by atoms with Crippen molar-refractivity contribution in [1.82, 2.24) is 9.37 Å². The molecule has 1 amide bonds. The summed E-state index contributed by atoms with van der Waals surface area (Å²) in [7, 11) is -1.22. The second-order valence-electron chi connectivity index (χ2n) is 4.90. The third kappa shape index (κ3) is 4.16. The number of nitrogens with zero attached hydrogens (tertiary/aromatic N) is 2. The average molecular weight is 326 g/mol. The van der Waals surface area contributed by atoms with Gasteiger partial charge in [-0.3, -0.25) is 9.63 Å². The Morgan fingerprint density at radius 3 is 2.50 bits per heavy atom. The minimum atomic E-state index is -3.78. The summed E-state index contributed by atoms with van der Waals surface area (Å²) in [6.07, 6.45) is 0. The summed E-state index contributed by atoms with van der Waals surface area (Å²) in [5.74, 6) is -0.234. The Labute approximate surface area is 132 Å². The van der Waals surface area contributed by atoms with E-state index < -0.39 is 10.0 Å². The van der Waals surface area contributed by atoms with Crippen molar-refractivity contribution < 1.29 is 18.0 Å². The van der Waals surface area contributed by atoms with Crippen LogP contribution in [-0.4, -0.2) is 50.9 Å². The Morgan fingerprint density at radius 2 is 2.00 bits per heavy atom. The third-order valence-corrected chi connectivity index (χ3v) is 4.78. The summed E-state index contributed by atoms with van der Waals surface area (Å²) >= 11 is 0. The largest absolute Gasteiger partial charge is 0.335 e. The molecule has 0 bridgehead atoms. The molecule has 22 heavy (non-hydrogen) atoms. The van der Waals surface area contributed by atoms with Gasteiger partial charge in [0.05, 0.1) is 12.0 Å². The van der Waals surface area contributed by atoms with Crippen molar-refractivity contribution in [2.75, 3.05) is 27.2 Å². The monoisotopic (exact) mass is 326 g/mol. The molecule has 0 atom stereocenters. The van der Waals surface area contributed by atoms with Crippen LogP contribution in [0.25, 0.3) is 0 Å². The van der Waals surface area contributed by atoms with Gasteiger partial charge in [-0.25, -0.2) is 8.42 Å². The Morgan fingerprint density at radius 1 is 1.36 bits per heavy atom. The van der Waals surface area contributed by atoms with Crippen LogP contribution in [0.5, 0.6) is 0 Å². The maximum Gasteiger partial charge on any atom is 0.264 e. The molecule has 1 aromatic carbocycles. The van der Waals surface area contributed by atoms with Crippen molar-refractivity contribution in [3.8, 4) is 0 Å². The van der Waals surface area contributed by atoms with E-state index in [1.54, 1.807) is 11.0 Å². The first kappa shape index (κ1) is 18.3. The number of rotatable bonds is 7. The Hall–Kier alpha value is -1.70. The predicted molar refractivity (Wildman–Crippen MR) is 84.8 cm³/mol. The average Bonchev–Trinajstić information content (AvgIpc) is 2.50. The van der Waals surface area contributed by atoms with Gasteiger partial charge in [-0.05, 0) is 32.0 Å². The van der Waals surface area contributed by atoms with E-state index in [0.29, 0.717) is 18.7 Å². The lowest BCUT2D eigenvalue weighted by Crippen LogP contribution is -2.32. The number of amides is 1. The number of hydrogen-bond acceptors (Lipinski definition) is 4. The molecule has 122 valence electrons. The zero-order valence-corrected chi connectivity index (χ0v) is 14.2. The molecule has 0 N–H and O–H groups in total. The van der Waals surface area contributed by atoms with Crippen molar-refractivity contribution in [1.29, 1.82) is 0 Å². The molecule has 6 nitrogen and oxygen atoms in total. The minimum Gasteiger partial charge on any atom is -0.335 e. The van der Waals surface area contributed by atoms with Gasteiger partial charge in [-0.1, -0.05) is 22.7 Å². The van der Waals surface area contributed by atoms with Crippen LogP contribution in [0.4, 0.5) is 0 Å². The molecule has 0 unspecified atom stereocenters. The van der Waals surface area contributed by atoms with Crippen LogP contribution in [-0.2, 0) is 14.9 Å². The van der Waals surface area contributed by atoms with Crippen LogP contribution in [0.3, 0.4) is 0 Å². The van der Waals surface area contributed by atoms with Crippen molar-refractivity contribution in [2.24, 2.45) is 0 Å². The molecule has 1 rings (SSSR count). The first-order valence-electron chi connectivity index (χ1n) is 6.80. The van der Waals surface area contributed by atoms with Gasteiger partial charge in [0.1, 0.15) is 0 Å². The van der Waals surface area contributed by atoms with Crippen molar-refractivity contribution >= 4 is 15.9 Å². The van der Waals surface area contributed by atoms with Crippen LogP contribution in [0.1, 0.15) is 24.2 Å². The quantitative estimate of drug-likeness (QED) is 0.567. The molecule has 1 aromatic rings. The number of carbonyl (C=O) groups excluding carboxylic acids is 1.